The van der Waals surface area contributed by atoms with Crippen LogP contribution in [0.5, 0.6) is 5.75 Å². The van der Waals surface area contributed by atoms with Gasteiger partial charge in [-0.2, -0.15) is 0 Å². The summed E-state index contributed by atoms with van der Waals surface area (Å²) in [5.74, 6) is -1.31. The van der Waals surface area contributed by atoms with Gasteiger partial charge >= 0.3 is 0 Å². The summed E-state index contributed by atoms with van der Waals surface area (Å²) in [4.78, 5) is 11.6. The molecule has 2 atom stereocenters. The maximum Gasteiger partial charge on any atom is 0.268 e. The standard InChI is InChI=1S/C18H20F2N2O4/c1-18(25,17(19)20)15(16(24)22-26)21-10-13-8-7-12(9-14(13)23)11-5-3-2-4-6-11/h2-9,15,17,21,23,25-26H,10H2,1H3,(H,22,24)/t15-,18+/m1/s1. The van der Waals surface area contributed by atoms with Crippen molar-refractivity contribution in [2.24, 2.45) is 0 Å². The smallest absolute Gasteiger partial charge is 0.268 e. The fraction of sp³-hybridized carbons (Fsp3) is 0.278. The molecule has 0 fully saturated rings. The minimum Gasteiger partial charge on any atom is -0.508 e. The summed E-state index contributed by atoms with van der Waals surface area (Å²) in [6.07, 6.45) is -3.23. The van der Waals surface area contributed by atoms with Crippen LogP contribution in [0.15, 0.2) is 48.5 Å². The van der Waals surface area contributed by atoms with E-state index in [1.54, 1.807) is 12.1 Å². The van der Waals surface area contributed by atoms with Gasteiger partial charge in [0, 0.05) is 12.1 Å². The largest absolute Gasteiger partial charge is 0.508 e. The second-order valence-corrected chi connectivity index (χ2v) is 6.03. The van der Waals surface area contributed by atoms with Crippen LogP contribution in [0.2, 0.25) is 0 Å². The van der Waals surface area contributed by atoms with E-state index in [4.69, 9.17) is 5.21 Å². The molecule has 140 valence electrons. The van der Waals surface area contributed by atoms with Crippen LogP contribution in [0, 0.1) is 0 Å². The van der Waals surface area contributed by atoms with Gasteiger partial charge in [-0.1, -0.05) is 42.5 Å². The first kappa shape index (κ1) is 19.8. The van der Waals surface area contributed by atoms with Gasteiger partial charge in [0.25, 0.3) is 12.3 Å². The Labute approximate surface area is 149 Å². The fourth-order valence-electron chi connectivity index (χ4n) is 2.49. The Hall–Kier alpha value is -2.55. The van der Waals surface area contributed by atoms with Crippen molar-refractivity contribution in [3.63, 3.8) is 0 Å². The Morgan fingerprint density at radius 1 is 1.15 bits per heavy atom. The zero-order chi connectivity index (χ0) is 19.3. The summed E-state index contributed by atoms with van der Waals surface area (Å²) in [5, 5.41) is 31.2. The maximum atomic E-state index is 13.0. The molecule has 8 heteroatoms. The van der Waals surface area contributed by atoms with Crippen molar-refractivity contribution in [2.45, 2.75) is 31.5 Å². The molecule has 0 radical (unpaired) electrons. The molecule has 26 heavy (non-hydrogen) atoms. The molecular weight excluding hydrogens is 346 g/mol. The molecule has 2 aromatic carbocycles. The molecule has 0 saturated heterocycles. The molecule has 5 N–H and O–H groups in total. The number of halogens is 2. The molecule has 0 aromatic heterocycles. The van der Waals surface area contributed by atoms with Crippen molar-refractivity contribution < 1.29 is 29.0 Å². The Kier molecular flexibility index (Phi) is 6.25. The van der Waals surface area contributed by atoms with Crippen molar-refractivity contribution in [3.8, 4) is 16.9 Å². The lowest BCUT2D eigenvalue weighted by molar-refractivity contribution is -0.150. The van der Waals surface area contributed by atoms with Gasteiger partial charge in [-0.25, -0.2) is 14.3 Å². The maximum absolute atomic E-state index is 13.0. The van der Waals surface area contributed by atoms with Gasteiger partial charge in [0.05, 0.1) is 0 Å². The lowest BCUT2D eigenvalue weighted by atomic mass is 9.95. The van der Waals surface area contributed by atoms with E-state index in [1.165, 1.54) is 11.5 Å². The molecule has 2 aromatic rings. The topological polar surface area (TPSA) is 102 Å². The number of benzene rings is 2. The number of carbonyl (C=O) groups is 1. The van der Waals surface area contributed by atoms with Crippen LogP contribution in [0.3, 0.4) is 0 Å². The molecule has 0 aliphatic heterocycles. The van der Waals surface area contributed by atoms with Gasteiger partial charge in [-0.3, -0.25) is 15.3 Å². The first-order chi connectivity index (χ1) is 12.3. The number of rotatable bonds is 7. The quantitative estimate of drug-likeness (QED) is 0.381. The predicted molar refractivity (Wildman–Crippen MR) is 90.7 cm³/mol. The Morgan fingerprint density at radius 3 is 2.35 bits per heavy atom. The summed E-state index contributed by atoms with van der Waals surface area (Å²) < 4.78 is 26.0. The number of hydrogen-bond acceptors (Lipinski definition) is 5. The highest BCUT2D eigenvalue weighted by Crippen LogP contribution is 2.27. The summed E-state index contributed by atoms with van der Waals surface area (Å²) >= 11 is 0. The van der Waals surface area contributed by atoms with Gasteiger partial charge in [-0.15, -0.1) is 0 Å². The van der Waals surface area contributed by atoms with Crippen LogP contribution in [0.25, 0.3) is 11.1 Å². The number of amides is 1. The summed E-state index contributed by atoms with van der Waals surface area (Å²) in [6.45, 7) is 0.602. The molecule has 0 heterocycles. The molecule has 2 rings (SSSR count). The predicted octanol–water partition coefficient (Wildman–Crippen LogP) is 2.04. The van der Waals surface area contributed by atoms with E-state index in [0.717, 1.165) is 18.1 Å². The molecule has 0 saturated carbocycles. The monoisotopic (exact) mass is 366 g/mol. The number of phenols is 1. The molecule has 6 nitrogen and oxygen atoms in total. The number of phenolic OH excluding ortho intramolecular Hbond substituents is 1. The normalized spacial score (nSPS) is 14.7. The van der Waals surface area contributed by atoms with Crippen molar-refractivity contribution in [2.75, 3.05) is 0 Å². The SMILES string of the molecule is C[C@@](O)(C(F)F)[C@H](NCc1ccc(-c2ccccc2)cc1O)C(=O)NO. The van der Waals surface area contributed by atoms with Gasteiger partial charge in [0.15, 0.2) is 0 Å². The van der Waals surface area contributed by atoms with E-state index in [0.29, 0.717) is 5.56 Å². The molecule has 0 bridgehead atoms. The number of aromatic hydroxyl groups is 1. The molecule has 0 aliphatic rings. The number of carbonyl (C=O) groups excluding carboxylic acids is 1. The highest BCUT2D eigenvalue weighted by molar-refractivity contribution is 5.82. The van der Waals surface area contributed by atoms with Crippen LogP contribution in [-0.2, 0) is 11.3 Å². The van der Waals surface area contributed by atoms with Crippen LogP contribution in [-0.4, -0.2) is 39.4 Å². The summed E-state index contributed by atoms with van der Waals surface area (Å²) in [6, 6.07) is 12.3. The third-order valence-electron chi connectivity index (χ3n) is 4.09. The molecule has 0 unspecified atom stereocenters. The average Bonchev–Trinajstić information content (AvgIpc) is 2.63. The van der Waals surface area contributed by atoms with E-state index in [2.05, 4.69) is 5.32 Å². The second kappa shape index (κ2) is 8.22. The Morgan fingerprint density at radius 2 is 1.81 bits per heavy atom. The Balaban J connectivity index is 2.18. The van der Waals surface area contributed by atoms with E-state index in [9.17, 15) is 23.8 Å². The van der Waals surface area contributed by atoms with Crippen molar-refractivity contribution in [1.29, 1.82) is 0 Å². The zero-order valence-corrected chi connectivity index (χ0v) is 14.0. The van der Waals surface area contributed by atoms with Crippen molar-refractivity contribution >= 4 is 5.91 Å². The fourth-order valence-corrected chi connectivity index (χ4v) is 2.49. The number of nitrogens with one attached hydrogen (secondary N) is 2. The van der Waals surface area contributed by atoms with E-state index >= 15 is 0 Å². The van der Waals surface area contributed by atoms with E-state index < -0.39 is 24.0 Å². The van der Waals surface area contributed by atoms with Crippen LogP contribution in [0.1, 0.15) is 12.5 Å². The van der Waals surface area contributed by atoms with E-state index in [-0.39, 0.29) is 12.3 Å². The molecular formula is C18H20F2N2O4. The van der Waals surface area contributed by atoms with Gasteiger partial charge in [-0.05, 0) is 24.1 Å². The molecule has 0 aliphatic carbocycles. The number of hydroxylamine groups is 1. The molecule has 1 amide bonds. The first-order valence-electron chi connectivity index (χ1n) is 7.82. The Bertz CT molecular complexity index is 754. The van der Waals surface area contributed by atoms with Crippen LogP contribution < -0.4 is 10.8 Å². The van der Waals surface area contributed by atoms with Crippen LogP contribution >= 0.6 is 0 Å². The summed E-state index contributed by atoms with van der Waals surface area (Å²) in [5.41, 5.74) is 0.522. The third-order valence-corrected chi connectivity index (χ3v) is 4.09. The van der Waals surface area contributed by atoms with Crippen molar-refractivity contribution in [1.82, 2.24) is 10.8 Å². The number of alkyl halides is 2. The van der Waals surface area contributed by atoms with Gasteiger partial charge in [0.2, 0.25) is 0 Å². The minimum atomic E-state index is -3.23. The lowest BCUT2D eigenvalue weighted by Gasteiger charge is -2.31. The highest BCUT2D eigenvalue weighted by atomic mass is 19.3. The lowest BCUT2D eigenvalue weighted by Crippen LogP contribution is -2.60. The molecule has 0 spiro atoms. The minimum absolute atomic E-state index is 0.0984. The van der Waals surface area contributed by atoms with E-state index in [1.807, 2.05) is 30.3 Å². The zero-order valence-electron chi connectivity index (χ0n) is 14.0. The van der Waals surface area contributed by atoms with Crippen molar-refractivity contribution in [3.05, 3.63) is 54.1 Å². The van der Waals surface area contributed by atoms with Crippen LogP contribution in [0.4, 0.5) is 8.78 Å². The average molecular weight is 366 g/mol. The second-order valence-electron chi connectivity index (χ2n) is 6.03. The highest BCUT2D eigenvalue weighted by Gasteiger charge is 2.44. The van der Waals surface area contributed by atoms with Gasteiger partial charge < -0.3 is 10.2 Å². The number of aliphatic hydroxyl groups is 1. The summed E-state index contributed by atoms with van der Waals surface area (Å²) in [7, 11) is 0. The van der Waals surface area contributed by atoms with Gasteiger partial charge in [0.1, 0.15) is 17.4 Å². The first-order valence-corrected chi connectivity index (χ1v) is 7.82. The third kappa shape index (κ3) is 4.34. The number of hydrogen-bond donors (Lipinski definition) is 5.